The van der Waals surface area contributed by atoms with Crippen LogP contribution in [0.1, 0.15) is 83.2 Å². The summed E-state index contributed by atoms with van der Waals surface area (Å²) < 4.78 is 59.3. The number of fused-ring (bicyclic) bond motifs is 5. The van der Waals surface area contributed by atoms with Crippen LogP contribution in [-0.4, -0.2) is 32.4 Å². The molecule has 1 atom stereocenters. The minimum absolute atomic E-state index is 0. The summed E-state index contributed by atoms with van der Waals surface area (Å²) in [5, 5.41) is 18.4. The standard InChI is InChI=1S/C20H21BrClO3PS.C13H16BrO3PS.C9H6Br2S.C9H7BrS.C9H8S.C7H6BrCl.C2H4O2.CH4.Na/c1-3-24-26(23,25-4-2)17(13-14-8-7-9-15(22)12-14)20-19(21)16-10-5-6-11-18(16)27-20;1-3-16-18(15,17-4-2)9-12-13(14)10-7-5-6-8-11(10)19-12;10-5-8-9(11)6-3-1-2-4-7(6)12-8;1-6-9(10)7-4-2-3-5-8(7)11-6;1-7-6-8-4-2-3-5-9(8)10-7;8-5-6-2-1-3-7(9)4-6;1-2(3)4;;/h5-12,17H,3-4,13H2,1-2H3;5-8H,3-4,9H2,1-2H3;1-4H,5H2;2-5H,1H3;2-6H,1H3;1-4H,5H2;1H3,(H,3,4);1H4;/q;;;;;;;;+1/p-1. The molecule has 0 bridgehead atoms. The predicted octanol–water partition coefficient (Wildman–Crippen LogP) is 24.7. The first-order valence-corrected chi connectivity index (χ1v) is 42.3. The Hall–Kier alpha value is -1.43. The fourth-order valence-corrected chi connectivity index (χ4v) is 24.2. The quantitative estimate of drug-likeness (QED) is 0.0534. The molecule has 0 saturated carbocycles. The number of alkyl halides is 2. The zero-order chi connectivity index (χ0) is 67.0. The summed E-state index contributed by atoms with van der Waals surface area (Å²) in [5.41, 5.74) is 1.79. The van der Waals surface area contributed by atoms with Gasteiger partial charge in [-0.1, -0.05) is 178 Å². The van der Waals surface area contributed by atoms with Gasteiger partial charge >= 0.3 is 44.7 Å². The van der Waals surface area contributed by atoms with Crippen molar-refractivity contribution in [3.8, 4) is 0 Å². The topological polar surface area (TPSA) is 111 Å². The molecular weight excluding hydrogens is 1760 g/mol. The largest absolute Gasteiger partial charge is 1.00 e. The number of halogens is 8. The van der Waals surface area contributed by atoms with Crippen molar-refractivity contribution in [2.75, 3.05) is 26.4 Å². The smallest absolute Gasteiger partial charge is 0.550 e. The van der Waals surface area contributed by atoms with Crippen molar-refractivity contribution in [1.29, 1.82) is 0 Å². The van der Waals surface area contributed by atoms with Crippen LogP contribution in [0, 0.1) is 13.8 Å². The maximum absolute atomic E-state index is 13.7. The van der Waals surface area contributed by atoms with Crippen LogP contribution in [-0.2, 0) is 55.3 Å². The number of benzene rings is 7. The number of carbonyl (C=O) groups excluding carboxylic acids is 1. The summed E-state index contributed by atoms with van der Waals surface area (Å²) >= 11 is 41.9. The SMILES string of the molecule is BrCc1sc2ccccc2c1Br.C.CC(=O)[O-].CCOP(=O)(Cc1sc2ccccc2c1Br)OCC.CCOP(=O)(OCC)C(Cc1cccc(Cl)c1)c1sc2ccccc2c1Br.Cc1cc2ccccc2s1.Cc1sc2ccccc2c1Br.Clc1cccc(CBr)c1.[Na+]. The Balaban J connectivity index is 0.000000247. The molecule has 24 heteroatoms. The molecule has 12 rings (SSSR count). The summed E-state index contributed by atoms with van der Waals surface area (Å²) in [7, 11) is -6.42. The van der Waals surface area contributed by atoms with Gasteiger partial charge in [-0.15, -0.1) is 56.7 Å². The summed E-state index contributed by atoms with van der Waals surface area (Å²) in [6, 6.07) is 59.2. The number of carboxylic acid groups (broad SMARTS) is 1. The molecule has 7 aromatic carbocycles. The van der Waals surface area contributed by atoms with Gasteiger partial charge in [-0.05, 0) is 196 Å². The molecule has 0 radical (unpaired) electrons. The molecule has 8 nitrogen and oxygen atoms in total. The van der Waals surface area contributed by atoms with Gasteiger partial charge in [-0.3, -0.25) is 9.13 Å². The average Bonchev–Trinajstić information content (AvgIpc) is 1.60. The first-order chi connectivity index (χ1) is 44.1. The zero-order valence-corrected chi connectivity index (χ0v) is 71.1. The van der Waals surface area contributed by atoms with Gasteiger partial charge in [0.15, 0.2) is 0 Å². The van der Waals surface area contributed by atoms with Gasteiger partial charge in [0, 0.05) is 114 Å². The van der Waals surface area contributed by atoms with Crippen LogP contribution >= 0.6 is 191 Å². The Morgan fingerprint density at radius 1 is 0.500 bits per heavy atom. The molecule has 0 spiro atoms. The monoisotopic (exact) mass is 1830 g/mol. The number of hydrogen-bond donors (Lipinski definition) is 0. The van der Waals surface area contributed by atoms with E-state index in [0.29, 0.717) is 44.0 Å². The number of rotatable bonds is 16. The van der Waals surface area contributed by atoms with Gasteiger partial charge in [-0.2, -0.15) is 0 Å². The van der Waals surface area contributed by atoms with Crippen LogP contribution in [0.15, 0.2) is 194 Å². The molecule has 12 aromatic rings. The average molecular weight is 1840 g/mol. The van der Waals surface area contributed by atoms with Gasteiger partial charge in [0.25, 0.3) is 0 Å². The third-order valence-electron chi connectivity index (χ3n) is 12.8. The first kappa shape index (κ1) is 85.0. The minimum atomic E-state index is -3.38. The van der Waals surface area contributed by atoms with Crippen LogP contribution in [0.5, 0.6) is 0 Å². The van der Waals surface area contributed by atoms with E-state index in [-0.39, 0.29) is 37.0 Å². The summed E-state index contributed by atoms with van der Waals surface area (Å²) in [6.07, 6.45) is 0.831. The molecule has 0 aliphatic heterocycles. The van der Waals surface area contributed by atoms with Gasteiger partial charge in [0.1, 0.15) is 5.66 Å². The third-order valence-corrected chi connectivity index (χ3v) is 30.1. The summed E-state index contributed by atoms with van der Waals surface area (Å²) in [4.78, 5) is 15.0. The van der Waals surface area contributed by atoms with Gasteiger partial charge in [0.2, 0.25) is 0 Å². The molecule has 1 unspecified atom stereocenters. The second-order valence-corrected chi connectivity index (χ2v) is 34.9. The van der Waals surface area contributed by atoms with E-state index in [1.807, 2.05) is 141 Å². The van der Waals surface area contributed by atoms with E-state index in [4.69, 9.17) is 51.2 Å². The number of thiophene rings is 5. The number of aryl methyl sites for hydroxylation is 2. The Morgan fingerprint density at radius 3 is 1.33 bits per heavy atom. The first-order valence-electron chi connectivity index (χ1n) is 28.7. The van der Waals surface area contributed by atoms with Crippen molar-refractivity contribution >= 4 is 247 Å². The van der Waals surface area contributed by atoms with E-state index >= 15 is 0 Å². The van der Waals surface area contributed by atoms with Crippen LogP contribution in [0.25, 0.3) is 50.4 Å². The predicted molar refractivity (Wildman–Crippen MR) is 427 cm³/mol. The normalized spacial score (nSPS) is 11.2. The second-order valence-electron chi connectivity index (χ2n) is 19.5. The molecular formula is C70H71Br6Cl2NaO8P2S5. The fourth-order valence-electron chi connectivity index (χ4n) is 8.95. The Morgan fingerprint density at radius 2 is 0.904 bits per heavy atom. The molecule has 5 heterocycles. The zero-order valence-electron chi connectivity index (χ0n) is 52.2. The van der Waals surface area contributed by atoms with Crippen molar-refractivity contribution in [2.45, 2.75) is 84.8 Å². The Bertz CT molecular complexity index is 4350. The van der Waals surface area contributed by atoms with Gasteiger partial charge < -0.3 is 28.0 Å². The molecule has 0 amide bonds. The molecule has 0 fully saturated rings. The molecule has 0 aliphatic rings. The number of aliphatic carboxylic acids is 1. The van der Waals surface area contributed by atoms with E-state index in [0.717, 1.165) is 62.3 Å². The third kappa shape index (κ3) is 25.6. The molecule has 94 heavy (non-hydrogen) atoms. The van der Waals surface area contributed by atoms with Crippen LogP contribution in [0.4, 0.5) is 0 Å². The number of hydrogen-bond acceptors (Lipinski definition) is 13. The summed E-state index contributed by atoms with van der Waals surface area (Å²) in [6.45, 7) is 14.0. The maximum atomic E-state index is 13.7. The van der Waals surface area contributed by atoms with E-state index in [1.54, 1.807) is 22.7 Å². The maximum Gasteiger partial charge on any atom is 1.00 e. The molecule has 496 valence electrons. The van der Waals surface area contributed by atoms with Crippen molar-refractivity contribution in [3.63, 3.8) is 0 Å². The molecule has 5 aromatic heterocycles. The van der Waals surface area contributed by atoms with Crippen molar-refractivity contribution < 1.29 is 66.7 Å². The van der Waals surface area contributed by atoms with E-state index in [1.165, 1.54) is 64.1 Å². The van der Waals surface area contributed by atoms with Gasteiger partial charge in [-0.25, -0.2) is 0 Å². The van der Waals surface area contributed by atoms with Crippen molar-refractivity contribution in [2.24, 2.45) is 0 Å². The minimum Gasteiger partial charge on any atom is -0.550 e. The fraction of sp³-hybridized carbons (Fsp3) is 0.243. The Kier molecular flexibility index (Phi) is 39.2. The van der Waals surface area contributed by atoms with E-state index < -0.39 is 26.8 Å². The molecule has 0 N–H and O–H groups in total. The van der Waals surface area contributed by atoms with E-state index in [2.05, 4.69) is 206 Å². The number of carboxylic acids is 1. The second kappa shape index (κ2) is 43.4. The van der Waals surface area contributed by atoms with E-state index in [9.17, 15) is 9.13 Å². The van der Waals surface area contributed by atoms with Crippen molar-refractivity contribution in [3.05, 3.63) is 239 Å². The van der Waals surface area contributed by atoms with Crippen LogP contribution in [0.3, 0.4) is 0 Å². The molecule has 0 saturated heterocycles. The molecule has 0 aliphatic carbocycles. The number of carbonyl (C=O) groups is 1. The van der Waals surface area contributed by atoms with Crippen molar-refractivity contribution in [1.82, 2.24) is 0 Å². The summed E-state index contributed by atoms with van der Waals surface area (Å²) in [5.74, 6) is -1.08. The van der Waals surface area contributed by atoms with Crippen LogP contribution < -0.4 is 34.7 Å². The van der Waals surface area contributed by atoms with Crippen LogP contribution in [0.2, 0.25) is 10.0 Å². The Labute approximate surface area is 656 Å². The van der Waals surface area contributed by atoms with Gasteiger partial charge in [0.05, 0.1) is 32.6 Å².